The Morgan fingerprint density at radius 1 is 1.23 bits per heavy atom. The van der Waals surface area contributed by atoms with Crippen LogP contribution in [0.2, 0.25) is 5.28 Å². The van der Waals surface area contributed by atoms with E-state index in [2.05, 4.69) is 27.1 Å². The van der Waals surface area contributed by atoms with E-state index < -0.39 is 23.8 Å². The fraction of sp³-hybridized carbons (Fsp3) is 0.560. The Morgan fingerprint density at radius 2 is 1.97 bits per heavy atom. The predicted molar refractivity (Wildman–Crippen MR) is 127 cm³/mol. The van der Waals surface area contributed by atoms with E-state index in [1.807, 2.05) is 6.92 Å². The molecule has 35 heavy (non-hydrogen) atoms. The summed E-state index contributed by atoms with van der Waals surface area (Å²) >= 11 is 6.14. The molecule has 2 saturated heterocycles. The molecule has 5 rings (SSSR count). The van der Waals surface area contributed by atoms with Gasteiger partial charge in [-0.1, -0.05) is 32.0 Å². The first-order valence-corrected chi connectivity index (χ1v) is 12.5. The van der Waals surface area contributed by atoms with Crippen molar-refractivity contribution in [2.45, 2.75) is 83.7 Å². The number of carbonyl (C=O) groups excluding carboxylic acids is 1. The second-order valence-corrected chi connectivity index (χ2v) is 10.2. The van der Waals surface area contributed by atoms with Crippen molar-refractivity contribution in [1.29, 1.82) is 0 Å². The average Bonchev–Trinajstić information content (AvgIpc) is 3.13. The number of aromatic nitrogens is 2. The van der Waals surface area contributed by atoms with Crippen LogP contribution in [-0.2, 0) is 17.9 Å². The monoisotopic (exact) mass is 507 g/mol. The van der Waals surface area contributed by atoms with Crippen molar-refractivity contribution < 1.29 is 18.0 Å². The van der Waals surface area contributed by atoms with Gasteiger partial charge in [0, 0.05) is 35.2 Å². The SMILES string of the molecule is CCC1CC2C(CC(C)C(=O)N3Cc4nc(Cl)nc(N[C@H](C)c5cccc(C(F)F)c5F)c4C3)N12. The van der Waals surface area contributed by atoms with Crippen molar-refractivity contribution in [2.24, 2.45) is 5.92 Å². The molecule has 10 heteroatoms. The van der Waals surface area contributed by atoms with Crippen LogP contribution in [0.3, 0.4) is 0 Å². The number of halogens is 4. The third kappa shape index (κ3) is 4.37. The van der Waals surface area contributed by atoms with E-state index in [9.17, 15) is 18.0 Å². The molecule has 1 aromatic carbocycles. The maximum atomic E-state index is 14.7. The number of nitrogens with one attached hydrogen (secondary N) is 1. The smallest absolute Gasteiger partial charge is 0.266 e. The summed E-state index contributed by atoms with van der Waals surface area (Å²) in [6.45, 7) is 6.49. The summed E-state index contributed by atoms with van der Waals surface area (Å²) < 4.78 is 41.0. The molecule has 0 aliphatic carbocycles. The van der Waals surface area contributed by atoms with Crippen molar-refractivity contribution in [2.75, 3.05) is 5.32 Å². The van der Waals surface area contributed by atoms with E-state index in [1.165, 1.54) is 18.6 Å². The van der Waals surface area contributed by atoms with Crippen LogP contribution in [0.4, 0.5) is 19.0 Å². The molecule has 1 aromatic heterocycles. The van der Waals surface area contributed by atoms with Crippen molar-refractivity contribution in [3.63, 3.8) is 0 Å². The number of hydrogen-bond acceptors (Lipinski definition) is 5. The van der Waals surface area contributed by atoms with Crippen LogP contribution in [0.5, 0.6) is 0 Å². The van der Waals surface area contributed by atoms with Gasteiger partial charge in [0.25, 0.3) is 6.43 Å². The highest BCUT2D eigenvalue weighted by Gasteiger charge is 2.59. The summed E-state index contributed by atoms with van der Waals surface area (Å²) in [5.41, 5.74) is 0.820. The Bertz CT molecular complexity index is 1150. The molecular weight excluding hydrogens is 479 g/mol. The van der Waals surface area contributed by atoms with E-state index in [0.717, 1.165) is 18.9 Å². The topological polar surface area (TPSA) is 61.1 Å². The summed E-state index contributed by atoms with van der Waals surface area (Å²) in [6, 6.07) is 5.12. The third-order valence-corrected chi connectivity index (χ3v) is 7.89. The quantitative estimate of drug-likeness (QED) is 0.378. The molecule has 6 atom stereocenters. The van der Waals surface area contributed by atoms with E-state index in [-0.39, 0.29) is 22.7 Å². The molecule has 4 heterocycles. The van der Waals surface area contributed by atoms with Gasteiger partial charge in [0.15, 0.2) is 0 Å². The minimum atomic E-state index is -2.91. The standard InChI is InChI=1S/C25H29ClF3N5O/c1-4-14-9-20-19(34(14)20)8-12(2)24(35)33-10-17-18(11-33)31-25(26)32-23(17)30-13(3)15-6-5-7-16(21(15)27)22(28)29/h5-7,12-14,19-20,22H,4,8-11H2,1-3H3,(H,30,31,32)/t12?,13-,14?,19?,20?,34?/m1/s1. The lowest BCUT2D eigenvalue weighted by atomic mass is 9.99. The normalized spacial score (nSPS) is 26.1. The average molecular weight is 508 g/mol. The van der Waals surface area contributed by atoms with E-state index in [0.29, 0.717) is 48.3 Å². The van der Waals surface area contributed by atoms with Gasteiger partial charge in [0.05, 0.1) is 30.4 Å². The zero-order valence-corrected chi connectivity index (χ0v) is 20.7. The fourth-order valence-corrected chi connectivity index (χ4v) is 5.91. The summed E-state index contributed by atoms with van der Waals surface area (Å²) in [6.07, 6.45) is 0.332. The van der Waals surface area contributed by atoms with Crippen LogP contribution in [-0.4, -0.2) is 43.8 Å². The lowest BCUT2D eigenvalue weighted by molar-refractivity contribution is -0.135. The maximum Gasteiger partial charge on any atom is 0.266 e. The lowest BCUT2D eigenvalue weighted by Gasteiger charge is -2.25. The molecule has 0 spiro atoms. The molecule has 0 radical (unpaired) electrons. The number of alkyl halides is 2. The lowest BCUT2D eigenvalue weighted by Crippen LogP contribution is -2.32. The Kier molecular flexibility index (Phi) is 6.42. The van der Waals surface area contributed by atoms with Crippen LogP contribution in [0.1, 0.15) is 74.9 Å². The van der Waals surface area contributed by atoms with Crippen molar-refractivity contribution in [3.05, 3.63) is 51.7 Å². The molecule has 2 aromatic rings. The first-order chi connectivity index (χ1) is 16.7. The van der Waals surface area contributed by atoms with Crippen LogP contribution < -0.4 is 5.32 Å². The molecule has 3 aliphatic rings. The van der Waals surface area contributed by atoms with Gasteiger partial charge in [-0.2, -0.15) is 0 Å². The van der Waals surface area contributed by atoms with Crippen LogP contribution in [0.15, 0.2) is 18.2 Å². The third-order valence-electron chi connectivity index (χ3n) is 7.72. The number of carbonyl (C=O) groups is 1. The molecule has 1 amide bonds. The molecular formula is C25H29ClF3N5O. The first-order valence-electron chi connectivity index (χ1n) is 12.1. The Balaban J connectivity index is 1.28. The summed E-state index contributed by atoms with van der Waals surface area (Å²) in [7, 11) is 0. The first kappa shape index (κ1) is 24.3. The van der Waals surface area contributed by atoms with E-state index >= 15 is 0 Å². The number of benzene rings is 1. The van der Waals surface area contributed by atoms with Crippen LogP contribution in [0, 0.1) is 11.7 Å². The van der Waals surface area contributed by atoms with Gasteiger partial charge in [-0.15, -0.1) is 0 Å². The maximum absolute atomic E-state index is 14.7. The van der Waals surface area contributed by atoms with Gasteiger partial charge in [0.1, 0.15) is 11.6 Å². The highest BCUT2D eigenvalue weighted by molar-refractivity contribution is 6.28. The highest BCUT2D eigenvalue weighted by atomic mass is 35.5. The van der Waals surface area contributed by atoms with E-state index in [1.54, 1.807) is 11.8 Å². The van der Waals surface area contributed by atoms with Crippen LogP contribution >= 0.6 is 11.6 Å². The number of amides is 1. The minimum absolute atomic E-state index is 0.00978. The van der Waals surface area contributed by atoms with Gasteiger partial charge in [-0.25, -0.2) is 23.1 Å². The van der Waals surface area contributed by atoms with Crippen LogP contribution in [0.25, 0.3) is 0 Å². The number of anilines is 1. The second kappa shape index (κ2) is 9.24. The molecule has 188 valence electrons. The number of fused-ring (bicyclic) bond motifs is 2. The van der Waals surface area contributed by atoms with Gasteiger partial charge >= 0.3 is 0 Å². The van der Waals surface area contributed by atoms with Crippen molar-refractivity contribution in [1.82, 2.24) is 19.8 Å². The molecule has 0 saturated carbocycles. The fourth-order valence-electron chi connectivity index (χ4n) is 5.72. The second-order valence-electron chi connectivity index (χ2n) is 9.89. The molecule has 3 aliphatic heterocycles. The molecule has 5 unspecified atom stereocenters. The summed E-state index contributed by atoms with van der Waals surface area (Å²) in [5.74, 6) is -0.605. The zero-order valence-electron chi connectivity index (χ0n) is 19.9. The van der Waals surface area contributed by atoms with E-state index in [4.69, 9.17) is 11.6 Å². The Morgan fingerprint density at radius 3 is 2.66 bits per heavy atom. The largest absolute Gasteiger partial charge is 0.363 e. The molecule has 0 bridgehead atoms. The number of rotatable bonds is 8. The number of hydrogen-bond donors (Lipinski definition) is 1. The van der Waals surface area contributed by atoms with Crippen molar-refractivity contribution in [3.8, 4) is 0 Å². The Labute approximate surface area is 207 Å². The Hall–Kier alpha value is -2.39. The highest BCUT2D eigenvalue weighted by Crippen LogP contribution is 2.49. The van der Waals surface area contributed by atoms with Gasteiger partial charge in [0.2, 0.25) is 11.2 Å². The predicted octanol–water partition coefficient (Wildman–Crippen LogP) is 5.48. The summed E-state index contributed by atoms with van der Waals surface area (Å²) in [4.78, 5) is 26.1. The van der Waals surface area contributed by atoms with Gasteiger partial charge < -0.3 is 10.2 Å². The minimum Gasteiger partial charge on any atom is -0.363 e. The zero-order chi connectivity index (χ0) is 25.0. The van der Waals surface area contributed by atoms with Gasteiger partial charge in [-0.05, 0) is 37.8 Å². The summed E-state index contributed by atoms with van der Waals surface area (Å²) in [5, 5.41) is 3.11. The molecule has 6 nitrogen and oxygen atoms in total. The number of nitrogens with zero attached hydrogens (tertiary/aromatic N) is 4. The van der Waals surface area contributed by atoms with Gasteiger partial charge in [-0.3, -0.25) is 9.69 Å². The van der Waals surface area contributed by atoms with Crippen molar-refractivity contribution >= 4 is 23.3 Å². The molecule has 2 fully saturated rings. The molecule has 1 N–H and O–H groups in total.